The summed E-state index contributed by atoms with van der Waals surface area (Å²) < 4.78 is 32.1. The molecule has 0 N–H and O–H groups in total. The van der Waals surface area contributed by atoms with Crippen molar-refractivity contribution in [3.05, 3.63) is 35.4 Å². The maximum atomic E-state index is 13.9. The summed E-state index contributed by atoms with van der Waals surface area (Å²) in [5.41, 5.74) is -2.40. The first-order valence-corrected chi connectivity index (χ1v) is 8.33. The van der Waals surface area contributed by atoms with Crippen molar-refractivity contribution in [1.29, 1.82) is 0 Å². The molecule has 3 rings (SSSR count). The average Bonchev–Trinajstić information content (AvgIpc) is 3.28. The molecule has 1 aliphatic rings. The maximum absolute atomic E-state index is 13.9. The van der Waals surface area contributed by atoms with E-state index in [0.717, 1.165) is 11.5 Å². The highest BCUT2D eigenvalue weighted by atomic mass is 19.1. The summed E-state index contributed by atoms with van der Waals surface area (Å²) in [7, 11) is 0. The van der Waals surface area contributed by atoms with E-state index < -0.39 is 48.8 Å². The molecule has 1 saturated heterocycles. The Morgan fingerprint density at radius 2 is 2.18 bits per heavy atom. The maximum Gasteiger partial charge on any atom is 0.351 e. The standard InChI is InChI=1S/C16H18FN5O6/c1-10(23)26-7-16(6-17)12(27-11(2)24)5-14(28-16)21-4-3-13(20-15(21)25)22-9-18-8-19-22/h3-4,8-9,12,14H,5-7H2,1-2H3/t12-,14+,16+/m0/s1. The molecule has 0 saturated carbocycles. The van der Waals surface area contributed by atoms with Crippen molar-refractivity contribution in [3.63, 3.8) is 0 Å². The zero-order chi connectivity index (χ0) is 20.3. The SMILES string of the molecule is CC(=O)OC[C@@]1(CF)O[C@@H](n2ccc(-n3cncn3)nc2=O)C[C@@H]1OC(C)=O. The molecule has 0 radical (unpaired) electrons. The number of ether oxygens (including phenoxy) is 3. The molecule has 1 fully saturated rings. The van der Waals surface area contributed by atoms with Gasteiger partial charge in [-0.3, -0.25) is 14.2 Å². The van der Waals surface area contributed by atoms with E-state index in [9.17, 15) is 18.8 Å². The highest BCUT2D eigenvalue weighted by Gasteiger charge is 2.53. The Balaban J connectivity index is 1.89. The third-order valence-corrected chi connectivity index (χ3v) is 4.21. The van der Waals surface area contributed by atoms with Gasteiger partial charge in [0, 0.05) is 26.5 Å². The summed E-state index contributed by atoms with van der Waals surface area (Å²) in [6, 6.07) is 1.50. The largest absolute Gasteiger partial charge is 0.463 e. The molecule has 0 spiro atoms. The number of rotatable bonds is 6. The average molecular weight is 395 g/mol. The van der Waals surface area contributed by atoms with E-state index >= 15 is 0 Å². The van der Waals surface area contributed by atoms with E-state index in [-0.39, 0.29) is 12.2 Å². The van der Waals surface area contributed by atoms with Gasteiger partial charge in [-0.05, 0) is 6.07 Å². The van der Waals surface area contributed by atoms with Gasteiger partial charge in [0.25, 0.3) is 0 Å². The number of alkyl halides is 1. The number of hydrogen-bond donors (Lipinski definition) is 0. The van der Waals surface area contributed by atoms with Gasteiger partial charge in [-0.2, -0.15) is 10.1 Å². The molecule has 0 amide bonds. The van der Waals surface area contributed by atoms with Crippen molar-refractivity contribution in [2.45, 2.75) is 38.2 Å². The Bertz CT molecular complexity index is 916. The highest BCUT2D eigenvalue weighted by molar-refractivity contribution is 5.66. The van der Waals surface area contributed by atoms with Crippen molar-refractivity contribution in [2.24, 2.45) is 0 Å². The third-order valence-electron chi connectivity index (χ3n) is 4.21. The first-order chi connectivity index (χ1) is 13.3. The molecular formula is C16H18FN5O6. The molecular weight excluding hydrogens is 377 g/mol. The van der Waals surface area contributed by atoms with E-state index in [1.54, 1.807) is 0 Å². The van der Waals surface area contributed by atoms with Gasteiger partial charge in [0.15, 0.2) is 11.4 Å². The summed E-state index contributed by atoms with van der Waals surface area (Å²) in [6.07, 6.45) is 2.03. The lowest BCUT2D eigenvalue weighted by molar-refractivity contribution is -0.179. The van der Waals surface area contributed by atoms with Gasteiger partial charge in [-0.25, -0.2) is 18.9 Å². The molecule has 3 atom stereocenters. The van der Waals surface area contributed by atoms with E-state index in [1.807, 2.05) is 0 Å². The molecule has 150 valence electrons. The molecule has 0 bridgehead atoms. The molecule has 0 unspecified atom stereocenters. The zero-order valence-electron chi connectivity index (χ0n) is 15.1. The van der Waals surface area contributed by atoms with Gasteiger partial charge in [0.05, 0.1) is 0 Å². The van der Waals surface area contributed by atoms with Crippen LogP contribution in [0.25, 0.3) is 5.82 Å². The van der Waals surface area contributed by atoms with E-state index in [1.165, 1.54) is 36.5 Å². The minimum Gasteiger partial charge on any atom is -0.463 e. The number of hydrogen-bond acceptors (Lipinski definition) is 9. The molecule has 0 aliphatic carbocycles. The molecule has 12 heteroatoms. The fourth-order valence-electron chi connectivity index (χ4n) is 2.90. The first-order valence-electron chi connectivity index (χ1n) is 8.33. The van der Waals surface area contributed by atoms with Crippen LogP contribution in [0.3, 0.4) is 0 Å². The lowest BCUT2D eigenvalue weighted by Gasteiger charge is -2.30. The van der Waals surface area contributed by atoms with Crippen LogP contribution in [-0.4, -0.2) is 61.2 Å². The van der Waals surface area contributed by atoms with Crippen molar-refractivity contribution in [1.82, 2.24) is 24.3 Å². The van der Waals surface area contributed by atoms with Gasteiger partial charge < -0.3 is 14.2 Å². The number of carbonyl (C=O) groups excluding carboxylic acids is 2. The van der Waals surface area contributed by atoms with E-state index in [4.69, 9.17) is 14.2 Å². The number of aromatic nitrogens is 5. The van der Waals surface area contributed by atoms with Crippen LogP contribution in [0, 0.1) is 0 Å². The molecule has 3 heterocycles. The fraction of sp³-hybridized carbons (Fsp3) is 0.500. The minimum absolute atomic E-state index is 0.0188. The number of nitrogens with zero attached hydrogens (tertiary/aromatic N) is 5. The lowest BCUT2D eigenvalue weighted by Crippen LogP contribution is -2.48. The van der Waals surface area contributed by atoms with E-state index in [0.29, 0.717) is 0 Å². The Kier molecular flexibility index (Phi) is 5.49. The quantitative estimate of drug-likeness (QED) is 0.618. The molecule has 28 heavy (non-hydrogen) atoms. The Morgan fingerprint density at radius 3 is 2.75 bits per heavy atom. The summed E-state index contributed by atoms with van der Waals surface area (Å²) in [5.74, 6) is -1.05. The van der Waals surface area contributed by atoms with Gasteiger partial charge >= 0.3 is 17.6 Å². The molecule has 1 aliphatic heterocycles. The number of esters is 2. The lowest BCUT2D eigenvalue weighted by atomic mass is 9.99. The zero-order valence-corrected chi connectivity index (χ0v) is 15.1. The first kappa shape index (κ1) is 19.6. The second-order valence-electron chi connectivity index (χ2n) is 6.20. The third kappa shape index (κ3) is 3.91. The van der Waals surface area contributed by atoms with Gasteiger partial charge in [-0.1, -0.05) is 0 Å². The Labute approximate surface area is 158 Å². The van der Waals surface area contributed by atoms with Crippen LogP contribution in [0.1, 0.15) is 26.5 Å². The minimum atomic E-state index is -1.72. The Hall–Kier alpha value is -3.15. The second kappa shape index (κ2) is 7.84. The van der Waals surface area contributed by atoms with Crippen molar-refractivity contribution in [3.8, 4) is 5.82 Å². The van der Waals surface area contributed by atoms with E-state index in [2.05, 4.69) is 15.1 Å². The summed E-state index contributed by atoms with van der Waals surface area (Å²) in [6.45, 7) is 0.777. The molecule has 2 aromatic heterocycles. The van der Waals surface area contributed by atoms with Gasteiger partial charge in [-0.15, -0.1) is 0 Å². The van der Waals surface area contributed by atoms with Crippen LogP contribution < -0.4 is 5.69 Å². The van der Waals surface area contributed by atoms with Crippen LogP contribution in [0.4, 0.5) is 4.39 Å². The van der Waals surface area contributed by atoms with Crippen molar-refractivity contribution in [2.75, 3.05) is 13.3 Å². The summed E-state index contributed by atoms with van der Waals surface area (Å²) >= 11 is 0. The predicted octanol–water partition coefficient (Wildman–Crippen LogP) is -0.0540. The smallest absolute Gasteiger partial charge is 0.351 e. The highest BCUT2D eigenvalue weighted by Crippen LogP contribution is 2.39. The van der Waals surface area contributed by atoms with Crippen LogP contribution in [0.5, 0.6) is 0 Å². The fourth-order valence-corrected chi connectivity index (χ4v) is 2.90. The monoisotopic (exact) mass is 395 g/mol. The predicted molar refractivity (Wildman–Crippen MR) is 89.0 cm³/mol. The van der Waals surface area contributed by atoms with Crippen LogP contribution >= 0.6 is 0 Å². The molecule has 11 nitrogen and oxygen atoms in total. The summed E-state index contributed by atoms with van der Waals surface area (Å²) in [4.78, 5) is 42.7. The van der Waals surface area contributed by atoms with Gasteiger partial charge in [0.2, 0.25) is 0 Å². The van der Waals surface area contributed by atoms with Crippen LogP contribution in [0.2, 0.25) is 0 Å². The summed E-state index contributed by atoms with van der Waals surface area (Å²) in [5, 5.41) is 3.88. The van der Waals surface area contributed by atoms with Crippen molar-refractivity contribution < 1.29 is 28.2 Å². The van der Waals surface area contributed by atoms with Gasteiger partial charge in [0.1, 0.15) is 38.3 Å². The Morgan fingerprint density at radius 1 is 1.39 bits per heavy atom. The molecule has 2 aromatic rings. The normalized spacial score (nSPS) is 24.1. The number of halogens is 1. The second-order valence-corrected chi connectivity index (χ2v) is 6.20. The number of carbonyl (C=O) groups is 2. The van der Waals surface area contributed by atoms with Crippen molar-refractivity contribution >= 4 is 11.9 Å². The molecule has 0 aromatic carbocycles. The topological polar surface area (TPSA) is 127 Å². The van der Waals surface area contributed by atoms with Crippen LogP contribution in [-0.2, 0) is 23.8 Å². The van der Waals surface area contributed by atoms with Crippen LogP contribution in [0.15, 0.2) is 29.7 Å².